The quantitative estimate of drug-likeness (QED) is 0.529. The average molecular weight is 450 g/mol. The number of hydrogen-bond donors (Lipinski definition) is 1. The van der Waals surface area contributed by atoms with Crippen LogP contribution >= 0.6 is 0 Å². The van der Waals surface area contributed by atoms with Crippen LogP contribution in [0.15, 0.2) is 84.9 Å². The first-order chi connectivity index (χ1) is 14.2. The number of nitrogens with zero attached hydrogens (tertiary/aromatic N) is 1. The van der Waals surface area contributed by atoms with Gasteiger partial charge in [0.2, 0.25) is 0 Å². The van der Waals surface area contributed by atoms with Gasteiger partial charge in [-0.3, -0.25) is 8.86 Å². The van der Waals surface area contributed by atoms with E-state index in [-0.39, 0.29) is 12.2 Å². The summed E-state index contributed by atoms with van der Waals surface area (Å²) in [5, 5.41) is 0. The van der Waals surface area contributed by atoms with Crippen LogP contribution in [-0.2, 0) is 33.1 Å². The normalized spacial score (nSPS) is 13.0. The van der Waals surface area contributed by atoms with Gasteiger partial charge in [0.25, 0.3) is 10.0 Å². The van der Waals surface area contributed by atoms with Crippen molar-refractivity contribution in [1.82, 2.24) is 0 Å². The lowest BCUT2D eigenvalue weighted by Crippen LogP contribution is -2.40. The van der Waals surface area contributed by atoms with Gasteiger partial charge < -0.3 is 0 Å². The monoisotopic (exact) mass is 449 g/mol. The molecular weight excluding hydrogens is 429 g/mol. The van der Waals surface area contributed by atoms with Gasteiger partial charge in [-0.25, -0.2) is 12.8 Å². The third kappa shape index (κ3) is 5.05. The van der Waals surface area contributed by atoms with E-state index in [9.17, 15) is 21.2 Å². The molecule has 1 unspecified atom stereocenters. The van der Waals surface area contributed by atoms with E-state index < -0.39 is 25.0 Å². The largest absolute Gasteiger partial charge is 0.342 e. The van der Waals surface area contributed by atoms with Gasteiger partial charge in [-0.05, 0) is 29.2 Å². The Morgan fingerprint density at radius 2 is 1.27 bits per heavy atom. The van der Waals surface area contributed by atoms with E-state index in [1.54, 1.807) is 48.5 Å². The lowest BCUT2D eigenvalue weighted by atomic mass is 10.0. The zero-order chi connectivity index (χ0) is 21.8. The number of para-hydroxylation sites is 1. The minimum atomic E-state index is -5.47. The third-order valence-corrected chi connectivity index (χ3v) is 7.78. The van der Waals surface area contributed by atoms with Crippen LogP contribution in [0.3, 0.4) is 0 Å². The predicted molar refractivity (Wildman–Crippen MR) is 114 cm³/mol. The van der Waals surface area contributed by atoms with Crippen LogP contribution in [0.5, 0.6) is 0 Å². The van der Waals surface area contributed by atoms with Gasteiger partial charge in [0.1, 0.15) is 0 Å². The molecule has 0 saturated heterocycles. The highest BCUT2D eigenvalue weighted by Crippen LogP contribution is 2.30. The van der Waals surface area contributed by atoms with Gasteiger partial charge in [-0.1, -0.05) is 78.9 Å². The summed E-state index contributed by atoms with van der Waals surface area (Å²) in [4.78, 5) is -3.50. The Labute approximate surface area is 175 Å². The van der Waals surface area contributed by atoms with Crippen molar-refractivity contribution in [3.8, 4) is 0 Å². The Bertz CT molecular complexity index is 1200. The van der Waals surface area contributed by atoms with E-state index in [1.807, 2.05) is 30.3 Å². The second-order valence-corrected chi connectivity index (χ2v) is 10.2. The fraction of sp³-hybridized carbons (Fsp3) is 0.143. The van der Waals surface area contributed by atoms with Gasteiger partial charge in [0.15, 0.2) is 0 Å². The Morgan fingerprint density at radius 1 is 0.767 bits per heavy atom. The Hall–Kier alpha value is -2.75. The first-order valence-corrected chi connectivity index (χ1v) is 12.0. The molecule has 6 nitrogen and oxygen atoms in total. The second kappa shape index (κ2) is 8.95. The molecule has 0 radical (unpaired) electrons. The minimum absolute atomic E-state index is 0.136. The maximum absolute atomic E-state index is 14.4. The molecule has 1 N–H and O–H groups in total. The van der Waals surface area contributed by atoms with Gasteiger partial charge in [0, 0.05) is 0 Å². The zero-order valence-electron chi connectivity index (χ0n) is 15.8. The highest BCUT2D eigenvalue weighted by molar-refractivity contribution is 8.07. The minimum Gasteiger partial charge on any atom is -0.282 e. The topological polar surface area (TPSA) is 91.7 Å². The first kappa shape index (κ1) is 21.9. The van der Waals surface area contributed by atoms with Gasteiger partial charge in [-0.15, -0.1) is 0 Å². The van der Waals surface area contributed by atoms with Crippen molar-refractivity contribution in [3.63, 3.8) is 0 Å². The van der Waals surface area contributed by atoms with E-state index in [0.29, 0.717) is 21.9 Å². The Balaban J connectivity index is 2.11. The van der Waals surface area contributed by atoms with Crippen molar-refractivity contribution in [2.75, 3.05) is 4.31 Å². The summed E-state index contributed by atoms with van der Waals surface area (Å²) in [7, 11) is -10.6. The SMILES string of the molecule is O=S(=O)(O)C(F)S(=O)(=O)N(Cc1ccccc1)c1ccccc1Cc1ccccc1. The average Bonchev–Trinajstić information content (AvgIpc) is 2.73. The van der Waals surface area contributed by atoms with Crippen LogP contribution in [0.25, 0.3) is 0 Å². The van der Waals surface area contributed by atoms with E-state index >= 15 is 0 Å². The van der Waals surface area contributed by atoms with Crippen LogP contribution in [0.2, 0.25) is 0 Å². The smallest absolute Gasteiger partial charge is 0.282 e. The molecule has 0 aliphatic heterocycles. The van der Waals surface area contributed by atoms with E-state index in [0.717, 1.165) is 5.56 Å². The fourth-order valence-electron chi connectivity index (χ4n) is 3.03. The first-order valence-electron chi connectivity index (χ1n) is 8.97. The molecule has 3 aromatic rings. The highest BCUT2D eigenvalue weighted by atomic mass is 32.3. The molecule has 0 aliphatic carbocycles. The summed E-state index contributed by atoms with van der Waals surface area (Å²) in [6.45, 7) is -0.301. The maximum atomic E-state index is 14.4. The van der Waals surface area contributed by atoms with Crippen LogP contribution in [-0.4, -0.2) is 26.2 Å². The van der Waals surface area contributed by atoms with Crippen molar-refractivity contribution in [2.24, 2.45) is 0 Å². The van der Waals surface area contributed by atoms with Crippen molar-refractivity contribution in [2.45, 2.75) is 17.8 Å². The summed E-state index contributed by atoms with van der Waals surface area (Å²) < 4.78 is 72.6. The molecule has 0 bridgehead atoms. The standard InChI is InChI=1S/C21H20FNO5S2/c22-21(30(26,27)28)29(24,25)23(16-18-11-5-2-6-12-18)20-14-8-7-13-19(20)15-17-9-3-1-4-10-17/h1-14,21H,15-16H2,(H,26,27,28). The van der Waals surface area contributed by atoms with Crippen molar-refractivity contribution < 1.29 is 25.8 Å². The van der Waals surface area contributed by atoms with Crippen molar-refractivity contribution >= 4 is 25.8 Å². The molecule has 0 amide bonds. The molecule has 0 saturated carbocycles. The number of benzene rings is 3. The Morgan fingerprint density at radius 3 is 1.83 bits per heavy atom. The predicted octanol–water partition coefficient (Wildman–Crippen LogP) is 3.75. The number of halogens is 1. The van der Waals surface area contributed by atoms with Gasteiger partial charge >= 0.3 is 15.0 Å². The summed E-state index contributed by atoms with van der Waals surface area (Å²) in [5.41, 5.74) is 2.12. The molecular formula is C21H20FNO5S2. The molecule has 0 fully saturated rings. The lowest BCUT2D eigenvalue weighted by molar-refractivity contribution is 0.418. The van der Waals surface area contributed by atoms with E-state index in [2.05, 4.69) is 0 Å². The number of sulfonamides is 1. The third-order valence-electron chi connectivity index (χ3n) is 4.44. The van der Waals surface area contributed by atoms with E-state index in [1.165, 1.54) is 6.07 Å². The number of rotatable bonds is 8. The number of alkyl halides is 1. The molecule has 3 rings (SSSR count). The molecule has 0 aliphatic rings. The van der Waals surface area contributed by atoms with Crippen LogP contribution in [0.1, 0.15) is 16.7 Å². The molecule has 0 spiro atoms. The van der Waals surface area contributed by atoms with Crippen molar-refractivity contribution in [1.29, 1.82) is 0 Å². The van der Waals surface area contributed by atoms with Crippen LogP contribution in [0, 0.1) is 0 Å². The molecule has 158 valence electrons. The van der Waals surface area contributed by atoms with Crippen LogP contribution in [0.4, 0.5) is 10.1 Å². The summed E-state index contributed by atoms with van der Waals surface area (Å²) in [6, 6.07) is 24.1. The number of anilines is 1. The molecule has 1 atom stereocenters. The maximum Gasteiger partial charge on any atom is 0.342 e. The Kier molecular flexibility index (Phi) is 6.55. The van der Waals surface area contributed by atoms with E-state index in [4.69, 9.17) is 4.55 Å². The van der Waals surface area contributed by atoms with Crippen molar-refractivity contribution in [3.05, 3.63) is 102 Å². The fourth-order valence-corrected chi connectivity index (χ4v) is 5.56. The molecule has 0 aromatic heterocycles. The summed E-state index contributed by atoms with van der Waals surface area (Å²) >= 11 is 0. The highest BCUT2D eigenvalue weighted by Gasteiger charge is 2.42. The molecule has 3 aromatic carbocycles. The number of hydrogen-bond acceptors (Lipinski definition) is 4. The van der Waals surface area contributed by atoms with Gasteiger partial charge in [-0.2, -0.15) is 8.42 Å². The summed E-state index contributed by atoms with van der Waals surface area (Å²) in [6.07, 6.45) is 0.348. The molecule has 30 heavy (non-hydrogen) atoms. The lowest BCUT2D eigenvalue weighted by Gasteiger charge is -2.27. The summed E-state index contributed by atoms with van der Waals surface area (Å²) in [5.74, 6) is 0. The molecule has 0 heterocycles. The second-order valence-electron chi connectivity index (χ2n) is 6.62. The van der Waals surface area contributed by atoms with Crippen LogP contribution < -0.4 is 4.31 Å². The molecule has 9 heteroatoms. The zero-order valence-corrected chi connectivity index (χ0v) is 17.4. The van der Waals surface area contributed by atoms with Gasteiger partial charge in [0.05, 0.1) is 12.2 Å².